The molecule has 0 aliphatic rings. The highest BCUT2D eigenvalue weighted by molar-refractivity contribution is 6.09. The van der Waals surface area contributed by atoms with Crippen molar-refractivity contribution < 1.29 is 14.3 Å². The first-order valence-corrected chi connectivity index (χ1v) is 11.4. The highest BCUT2D eigenvalue weighted by Crippen LogP contribution is 2.37. The normalized spacial score (nSPS) is 11.0. The van der Waals surface area contributed by atoms with Crippen molar-refractivity contribution in [3.8, 4) is 17.1 Å². The SMILES string of the molecule is CCCc1cccc(-n2c(-c3cc4ccccc4o3)cc3c4ccccc4ccc32)c1.O=CO. The van der Waals surface area contributed by atoms with Crippen LogP contribution in [0.15, 0.2) is 101 Å². The van der Waals surface area contributed by atoms with Crippen molar-refractivity contribution in [2.45, 2.75) is 19.8 Å². The quantitative estimate of drug-likeness (QED) is 0.280. The minimum Gasteiger partial charge on any atom is -0.483 e. The Hall–Kier alpha value is -4.31. The Kier molecular flexibility index (Phi) is 5.88. The van der Waals surface area contributed by atoms with E-state index in [4.69, 9.17) is 14.3 Å². The van der Waals surface area contributed by atoms with Crippen LogP contribution in [0.2, 0.25) is 0 Å². The van der Waals surface area contributed by atoms with Crippen LogP contribution in [0.5, 0.6) is 0 Å². The molecule has 168 valence electrons. The van der Waals surface area contributed by atoms with E-state index in [1.807, 2.05) is 12.1 Å². The molecule has 0 atom stereocenters. The summed E-state index contributed by atoms with van der Waals surface area (Å²) >= 11 is 0. The first kappa shape index (κ1) is 21.5. The van der Waals surface area contributed by atoms with Crippen LogP contribution in [0.4, 0.5) is 0 Å². The minimum atomic E-state index is -0.250. The Bertz CT molecular complexity index is 1570. The molecule has 0 spiro atoms. The Morgan fingerprint density at radius 3 is 2.38 bits per heavy atom. The summed E-state index contributed by atoms with van der Waals surface area (Å²) in [6.07, 6.45) is 2.22. The average molecular weight is 448 g/mol. The highest BCUT2D eigenvalue weighted by atomic mass is 16.3. The van der Waals surface area contributed by atoms with Gasteiger partial charge in [-0.3, -0.25) is 4.79 Å². The van der Waals surface area contributed by atoms with Crippen molar-refractivity contribution in [3.63, 3.8) is 0 Å². The van der Waals surface area contributed by atoms with Crippen LogP contribution in [-0.2, 0) is 11.2 Å². The number of aryl methyl sites for hydroxylation is 1. The van der Waals surface area contributed by atoms with Gasteiger partial charge in [0.25, 0.3) is 6.47 Å². The number of fused-ring (bicyclic) bond motifs is 4. The summed E-state index contributed by atoms with van der Waals surface area (Å²) in [5.41, 5.74) is 5.72. The number of benzene rings is 4. The average Bonchev–Trinajstić information content (AvgIpc) is 3.47. The summed E-state index contributed by atoms with van der Waals surface area (Å²) in [4.78, 5) is 8.36. The predicted molar refractivity (Wildman–Crippen MR) is 139 cm³/mol. The molecule has 34 heavy (non-hydrogen) atoms. The standard InChI is InChI=1S/C29H23NO.CH2O2/c1-2-8-20-9-7-12-23(17-20)30-26-16-15-21-10-3-5-13-24(21)25(26)19-27(30)29-18-22-11-4-6-14-28(22)31-29;2-1-3/h3-7,9-19H,2,8H2,1H3;1H,(H,2,3). The van der Waals surface area contributed by atoms with E-state index in [0.29, 0.717) is 0 Å². The second kappa shape index (κ2) is 9.28. The van der Waals surface area contributed by atoms with Gasteiger partial charge in [0.05, 0.1) is 11.2 Å². The molecule has 2 aromatic heterocycles. The van der Waals surface area contributed by atoms with Crippen LogP contribution >= 0.6 is 0 Å². The maximum atomic E-state index is 8.36. The van der Waals surface area contributed by atoms with Gasteiger partial charge in [0.15, 0.2) is 5.76 Å². The molecule has 6 rings (SSSR count). The van der Waals surface area contributed by atoms with Gasteiger partial charge in [0, 0.05) is 16.5 Å². The van der Waals surface area contributed by atoms with Crippen LogP contribution in [0, 0.1) is 0 Å². The number of carboxylic acid groups (broad SMARTS) is 1. The van der Waals surface area contributed by atoms with Gasteiger partial charge in [-0.2, -0.15) is 0 Å². The van der Waals surface area contributed by atoms with Crippen molar-refractivity contribution in [1.82, 2.24) is 4.57 Å². The maximum absolute atomic E-state index is 8.36. The van der Waals surface area contributed by atoms with Crippen LogP contribution in [0.3, 0.4) is 0 Å². The number of carbonyl (C=O) groups is 1. The Labute approximate surface area is 197 Å². The van der Waals surface area contributed by atoms with E-state index < -0.39 is 0 Å². The van der Waals surface area contributed by atoms with E-state index >= 15 is 0 Å². The molecule has 0 amide bonds. The van der Waals surface area contributed by atoms with Gasteiger partial charge in [-0.05, 0) is 59.2 Å². The molecule has 0 saturated heterocycles. The summed E-state index contributed by atoms with van der Waals surface area (Å²) in [5, 5.41) is 11.8. The van der Waals surface area contributed by atoms with E-state index in [2.05, 4.69) is 96.4 Å². The molecule has 4 aromatic carbocycles. The van der Waals surface area contributed by atoms with E-state index in [0.717, 1.165) is 35.3 Å². The van der Waals surface area contributed by atoms with Gasteiger partial charge in [0.2, 0.25) is 0 Å². The smallest absolute Gasteiger partial charge is 0.290 e. The van der Waals surface area contributed by atoms with Crippen molar-refractivity contribution >= 4 is 39.1 Å². The topological polar surface area (TPSA) is 55.4 Å². The third kappa shape index (κ3) is 3.84. The molecule has 0 aliphatic carbocycles. The molecule has 4 nitrogen and oxygen atoms in total. The van der Waals surface area contributed by atoms with Crippen molar-refractivity contribution in [1.29, 1.82) is 0 Å². The molecule has 0 aliphatic heterocycles. The third-order valence-electron chi connectivity index (χ3n) is 6.10. The summed E-state index contributed by atoms with van der Waals surface area (Å²) < 4.78 is 8.66. The summed E-state index contributed by atoms with van der Waals surface area (Å²) in [6, 6.07) is 34.6. The number of nitrogens with zero attached hydrogens (tertiary/aromatic N) is 1. The van der Waals surface area contributed by atoms with Gasteiger partial charge >= 0.3 is 0 Å². The van der Waals surface area contributed by atoms with Crippen molar-refractivity contribution in [2.24, 2.45) is 0 Å². The zero-order chi connectivity index (χ0) is 23.5. The number of furan rings is 1. The first-order chi connectivity index (χ1) is 16.7. The molecule has 6 aromatic rings. The van der Waals surface area contributed by atoms with Gasteiger partial charge < -0.3 is 14.1 Å². The van der Waals surface area contributed by atoms with Crippen LogP contribution in [0.1, 0.15) is 18.9 Å². The molecule has 0 fully saturated rings. The molecule has 0 radical (unpaired) electrons. The second-order valence-corrected chi connectivity index (χ2v) is 8.26. The molecule has 2 heterocycles. The summed E-state index contributed by atoms with van der Waals surface area (Å²) in [5.74, 6) is 0.891. The summed E-state index contributed by atoms with van der Waals surface area (Å²) in [7, 11) is 0. The highest BCUT2D eigenvalue weighted by Gasteiger charge is 2.17. The fourth-order valence-electron chi connectivity index (χ4n) is 4.67. The van der Waals surface area contributed by atoms with Crippen molar-refractivity contribution in [3.05, 3.63) is 103 Å². The van der Waals surface area contributed by atoms with Crippen LogP contribution < -0.4 is 0 Å². The molecule has 0 unspecified atom stereocenters. The Morgan fingerprint density at radius 1 is 0.824 bits per heavy atom. The monoisotopic (exact) mass is 447 g/mol. The van der Waals surface area contributed by atoms with Gasteiger partial charge in [0.1, 0.15) is 5.58 Å². The maximum Gasteiger partial charge on any atom is 0.290 e. The van der Waals surface area contributed by atoms with Crippen molar-refractivity contribution in [2.75, 3.05) is 0 Å². The summed E-state index contributed by atoms with van der Waals surface area (Å²) in [6.45, 7) is 1.98. The number of para-hydroxylation sites is 1. The van der Waals surface area contributed by atoms with Crippen LogP contribution in [0.25, 0.3) is 49.8 Å². The predicted octanol–water partition coefficient (Wildman–Crippen LogP) is 7.85. The zero-order valence-electron chi connectivity index (χ0n) is 18.9. The number of aromatic nitrogens is 1. The van der Waals surface area contributed by atoms with Gasteiger partial charge in [-0.25, -0.2) is 0 Å². The fraction of sp³-hybridized carbons (Fsp3) is 0.100. The van der Waals surface area contributed by atoms with E-state index in [-0.39, 0.29) is 6.47 Å². The van der Waals surface area contributed by atoms with E-state index in [1.54, 1.807) is 0 Å². The largest absolute Gasteiger partial charge is 0.483 e. The number of rotatable bonds is 4. The van der Waals surface area contributed by atoms with Gasteiger partial charge in [-0.15, -0.1) is 0 Å². The second-order valence-electron chi connectivity index (χ2n) is 8.26. The van der Waals surface area contributed by atoms with Crippen LogP contribution in [-0.4, -0.2) is 16.1 Å². The molecular formula is C30H25NO3. The Morgan fingerprint density at radius 2 is 1.59 bits per heavy atom. The minimum absolute atomic E-state index is 0.250. The molecule has 4 heteroatoms. The number of hydrogen-bond donors (Lipinski definition) is 1. The lowest BCUT2D eigenvalue weighted by Gasteiger charge is -2.12. The van der Waals surface area contributed by atoms with E-state index in [9.17, 15) is 0 Å². The molecule has 0 saturated carbocycles. The number of hydrogen-bond acceptors (Lipinski definition) is 2. The van der Waals surface area contributed by atoms with E-state index in [1.165, 1.54) is 32.9 Å². The Balaban J connectivity index is 0.000000764. The van der Waals surface area contributed by atoms with Gasteiger partial charge in [-0.1, -0.05) is 74.0 Å². The zero-order valence-corrected chi connectivity index (χ0v) is 18.9. The fourth-order valence-corrected chi connectivity index (χ4v) is 4.67. The lowest BCUT2D eigenvalue weighted by atomic mass is 10.1. The lowest BCUT2D eigenvalue weighted by molar-refractivity contribution is -0.122. The molecule has 0 bridgehead atoms. The lowest BCUT2D eigenvalue weighted by Crippen LogP contribution is -1.97. The first-order valence-electron chi connectivity index (χ1n) is 11.4. The molecule has 1 N–H and O–H groups in total. The third-order valence-corrected chi connectivity index (χ3v) is 6.10. The molecular weight excluding hydrogens is 422 g/mol.